The van der Waals surface area contributed by atoms with Crippen LogP contribution in [-0.2, 0) is 19.1 Å². The van der Waals surface area contributed by atoms with Gasteiger partial charge in [0.25, 0.3) is 0 Å². The maximum Gasteiger partial charge on any atom is 0.323 e. The van der Waals surface area contributed by atoms with Crippen LogP contribution in [-0.4, -0.2) is 49.7 Å². The quantitative estimate of drug-likeness (QED) is 0.672. The second-order valence-electron chi connectivity index (χ2n) is 4.48. The number of methoxy groups -OCH3 is 1. The van der Waals surface area contributed by atoms with Gasteiger partial charge in [0.1, 0.15) is 6.04 Å². The lowest BCUT2D eigenvalue weighted by atomic mass is 10.0. The Balaban J connectivity index is 2.39. The van der Waals surface area contributed by atoms with Gasteiger partial charge in [-0.25, -0.2) is 0 Å². The van der Waals surface area contributed by atoms with Crippen LogP contribution < -0.4 is 0 Å². The number of hydrogen-bond acceptors (Lipinski definition) is 5. The molecular weight excluding hydrogens is 234 g/mol. The Morgan fingerprint density at radius 2 is 2.11 bits per heavy atom. The highest BCUT2D eigenvalue weighted by atomic mass is 16.5. The molecule has 1 saturated heterocycles. The fourth-order valence-electron chi connectivity index (χ4n) is 2.29. The lowest BCUT2D eigenvalue weighted by Crippen LogP contribution is -2.45. The van der Waals surface area contributed by atoms with Gasteiger partial charge in [0.15, 0.2) is 0 Å². The molecule has 0 N–H and O–H groups in total. The fraction of sp³-hybridized carbons (Fsp3) is 0.846. The molecule has 0 radical (unpaired) electrons. The molecule has 5 heteroatoms. The molecule has 0 amide bonds. The normalized spacial score (nSPS) is 20.4. The first-order valence-electron chi connectivity index (χ1n) is 6.66. The topological polar surface area (TPSA) is 55.8 Å². The zero-order valence-electron chi connectivity index (χ0n) is 11.3. The largest absolute Gasteiger partial charge is 0.469 e. The first-order chi connectivity index (χ1) is 8.69. The maximum absolute atomic E-state index is 11.8. The van der Waals surface area contributed by atoms with Gasteiger partial charge in [0, 0.05) is 6.42 Å². The summed E-state index contributed by atoms with van der Waals surface area (Å²) in [6.07, 6.45) is 4.16. The van der Waals surface area contributed by atoms with Crippen LogP contribution in [0.15, 0.2) is 0 Å². The number of carbonyl (C=O) groups excluding carboxylic acids is 2. The van der Waals surface area contributed by atoms with Crippen molar-refractivity contribution in [2.75, 3.05) is 26.8 Å². The van der Waals surface area contributed by atoms with E-state index >= 15 is 0 Å². The SMILES string of the molecule is CCOC(=O)C1CCCCN1CCCC(=O)OC. The van der Waals surface area contributed by atoms with E-state index in [1.165, 1.54) is 7.11 Å². The smallest absolute Gasteiger partial charge is 0.323 e. The summed E-state index contributed by atoms with van der Waals surface area (Å²) in [5.74, 6) is -0.324. The molecule has 1 rings (SSSR count). The highest BCUT2D eigenvalue weighted by Gasteiger charge is 2.29. The Kier molecular flexibility index (Phi) is 6.72. The van der Waals surface area contributed by atoms with Crippen LogP contribution in [0.25, 0.3) is 0 Å². The van der Waals surface area contributed by atoms with E-state index in [-0.39, 0.29) is 18.0 Å². The Labute approximate surface area is 108 Å². The molecule has 0 aromatic heterocycles. The van der Waals surface area contributed by atoms with Gasteiger partial charge in [-0.3, -0.25) is 14.5 Å². The third kappa shape index (κ3) is 4.64. The minimum atomic E-state index is -0.195. The summed E-state index contributed by atoms with van der Waals surface area (Å²) in [5.41, 5.74) is 0. The van der Waals surface area contributed by atoms with Crippen LogP contribution in [0.3, 0.4) is 0 Å². The van der Waals surface area contributed by atoms with Gasteiger partial charge in [-0.2, -0.15) is 0 Å². The van der Waals surface area contributed by atoms with Gasteiger partial charge in [-0.05, 0) is 39.3 Å². The lowest BCUT2D eigenvalue weighted by Gasteiger charge is -2.33. The number of hydrogen-bond donors (Lipinski definition) is 0. The Hall–Kier alpha value is -1.10. The molecular formula is C13H23NO4. The molecule has 0 bridgehead atoms. The molecule has 1 aliphatic rings. The molecule has 1 aliphatic heterocycles. The fourth-order valence-corrected chi connectivity index (χ4v) is 2.29. The summed E-state index contributed by atoms with van der Waals surface area (Å²) in [6.45, 7) is 3.90. The average molecular weight is 257 g/mol. The summed E-state index contributed by atoms with van der Waals surface area (Å²) >= 11 is 0. The van der Waals surface area contributed by atoms with Gasteiger partial charge in [0.05, 0.1) is 13.7 Å². The van der Waals surface area contributed by atoms with E-state index in [1.807, 2.05) is 6.92 Å². The summed E-state index contributed by atoms with van der Waals surface area (Å²) in [4.78, 5) is 25.0. The number of nitrogens with zero attached hydrogens (tertiary/aromatic N) is 1. The zero-order valence-corrected chi connectivity index (χ0v) is 11.3. The number of ether oxygens (including phenoxy) is 2. The Morgan fingerprint density at radius 1 is 1.33 bits per heavy atom. The van der Waals surface area contributed by atoms with Crippen molar-refractivity contribution in [3.05, 3.63) is 0 Å². The number of piperidine rings is 1. The van der Waals surface area contributed by atoms with Gasteiger partial charge in [-0.1, -0.05) is 6.42 Å². The molecule has 0 aromatic rings. The number of rotatable bonds is 6. The van der Waals surface area contributed by atoms with Crippen molar-refractivity contribution in [2.24, 2.45) is 0 Å². The second kappa shape index (κ2) is 8.08. The third-order valence-electron chi connectivity index (χ3n) is 3.23. The van der Waals surface area contributed by atoms with Crippen molar-refractivity contribution in [2.45, 2.75) is 45.1 Å². The van der Waals surface area contributed by atoms with E-state index in [0.717, 1.165) is 38.8 Å². The van der Waals surface area contributed by atoms with Crippen molar-refractivity contribution < 1.29 is 19.1 Å². The highest BCUT2D eigenvalue weighted by molar-refractivity contribution is 5.75. The van der Waals surface area contributed by atoms with Crippen LogP contribution in [0.5, 0.6) is 0 Å². The minimum absolute atomic E-state index is 0.128. The zero-order chi connectivity index (χ0) is 13.4. The predicted octanol–water partition coefficient (Wildman–Crippen LogP) is 1.36. The van der Waals surface area contributed by atoms with Gasteiger partial charge in [-0.15, -0.1) is 0 Å². The van der Waals surface area contributed by atoms with E-state index in [2.05, 4.69) is 9.64 Å². The molecule has 1 unspecified atom stereocenters. The molecule has 0 aliphatic carbocycles. The second-order valence-corrected chi connectivity index (χ2v) is 4.48. The van der Waals surface area contributed by atoms with E-state index in [0.29, 0.717) is 13.0 Å². The lowest BCUT2D eigenvalue weighted by molar-refractivity contribution is -0.150. The number of likely N-dealkylation sites (tertiary alicyclic amines) is 1. The molecule has 0 aromatic carbocycles. The molecule has 1 atom stereocenters. The van der Waals surface area contributed by atoms with Gasteiger partial charge >= 0.3 is 11.9 Å². The summed E-state index contributed by atoms with van der Waals surface area (Å²) < 4.78 is 9.69. The van der Waals surface area contributed by atoms with E-state index in [9.17, 15) is 9.59 Å². The van der Waals surface area contributed by atoms with Crippen molar-refractivity contribution in [1.29, 1.82) is 0 Å². The highest BCUT2D eigenvalue weighted by Crippen LogP contribution is 2.18. The number of carbonyl (C=O) groups is 2. The maximum atomic E-state index is 11.8. The third-order valence-corrected chi connectivity index (χ3v) is 3.23. The predicted molar refractivity (Wildman–Crippen MR) is 67.1 cm³/mol. The van der Waals surface area contributed by atoms with Gasteiger partial charge in [0.2, 0.25) is 0 Å². The Bertz CT molecular complexity index is 280. The minimum Gasteiger partial charge on any atom is -0.469 e. The molecule has 18 heavy (non-hydrogen) atoms. The van der Waals surface area contributed by atoms with Crippen LogP contribution in [0.4, 0.5) is 0 Å². The van der Waals surface area contributed by atoms with Crippen LogP contribution in [0, 0.1) is 0 Å². The summed E-state index contributed by atoms with van der Waals surface area (Å²) in [5, 5.41) is 0. The van der Waals surface area contributed by atoms with Crippen molar-refractivity contribution in [3.8, 4) is 0 Å². The van der Waals surface area contributed by atoms with Crippen LogP contribution in [0.1, 0.15) is 39.0 Å². The van der Waals surface area contributed by atoms with E-state index in [4.69, 9.17) is 4.74 Å². The number of esters is 2. The van der Waals surface area contributed by atoms with Crippen molar-refractivity contribution in [3.63, 3.8) is 0 Å². The monoisotopic (exact) mass is 257 g/mol. The molecule has 0 spiro atoms. The first kappa shape index (κ1) is 15.0. The van der Waals surface area contributed by atoms with Crippen molar-refractivity contribution in [1.82, 2.24) is 4.90 Å². The van der Waals surface area contributed by atoms with Crippen LogP contribution in [0.2, 0.25) is 0 Å². The summed E-state index contributed by atoms with van der Waals surface area (Å²) in [7, 11) is 1.39. The van der Waals surface area contributed by atoms with Crippen LogP contribution >= 0.6 is 0 Å². The first-order valence-corrected chi connectivity index (χ1v) is 6.66. The summed E-state index contributed by atoms with van der Waals surface area (Å²) in [6, 6.07) is -0.128. The standard InChI is InChI=1S/C13H23NO4/c1-3-18-13(16)11-7-4-5-9-14(11)10-6-8-12(15)17-2/h11H,3-10H2,1-2H3. The molecule has 0 saturated carbocycles. The average Bonchev–Trinajstić information content (AvgIpc) is 2.39. The van der Waals surface area contributed by atoms with Gasteiger partial charge < -0.3 is 9.47 Å². The molecule has 104 valence electrons. The molecule has 5 nitrogen and oxygen atoms in total. The van der Waals surface area contributed by atoms with Crippen molar-refractivity contribution >= 4 is 11.9 Å². The Morgan fingerprint density at radius 3 is 2.78 bits per heavy atom. The molecule has 1 fully saturated rings. The van der Waals surface area contributed by atoms with E-state index < -0.39 is 0 Å². The molecule has 1 heterocycles. The van der Waals surface area contributed by atoms with E-state index in [1.54, 1.807) is 0 Å².